The van der Waals surface area contributed by atoms with E-state index in [1.165, 1.54) is 0 Å². The summed E-state index contributed by atoms with van der Waals surface area (Å²) in [7, 11) is 4.04. The van der Waals surface area contributed by atoms with Crippen molar-refractivity contribution in [3.8, 4) is 0 Å². The average Bonchev–Trinajstić information content (AvgIpc) is 2.14. The largest absolute Gasteiger partial charge is 1.00 e. The Balaban J connectivity index is -0.0000000607. The minimum absolute atomic E-state index is 0. The van der Waals surface area contributed by atoms with Crippen LogP contribution in [0.15, 0.2) is 0 Å². The van der Waals surface area contributed by atoms with E-state index in [-0.39, 0.29) is 41.1 Å². The zero-order chi connectivity index (χ0) is 18.1. The Morgan fingerprint density at radius 3 is 1.38 bits per heavy atom. The molecule has 0 spiro atoms. The molecule has 0 aromatic heterocycles. The second kappa shape index (κ2) is 21.8. The van der Waals surface area contributed by atoms with E-state index in [0.29, 0.717) is 12.8 Å². The third-order valence-electron chi connectivity index (χ3n) is 0.902. The molecule has 0 aliphatic carbocycles. The molecule has 0 fully saturated rings. The molecule has 0 rings (SSSR count). The maximum absolute atomic E-state index is 10.00. The summed E-state index contributed by atoms with van der Waals surface area (Å²) in [5, 5.41) is 0. The summed E-state index contributed by atoms with van der Waals surface area (Å²) in [5.41, 5.74) is 0. The molecular weight excluding hydrogens is 425 g/mol. The van der Waals surface area contributed by atoms with Crippen LogP contribution < -0.4 is 29.6 Å². The van der Waals surface area contributed by atoms with Crippen LogP contribution in [0, 0.1) is 0 Å². The fraction of sp³-hybridized carbons (Fsp3) is 1.00. The van der Waals surface area contributed by atoms with Crippen LogP contribution in [0.1, 0.15) is 28.1 Å². The van der Waals surface area contributed by atoms with E-state index >= 15 is 0 Å². The molecule has 0 amide bonds. The van der Waals surface area contributed by atoms with Crippen molar-refractivity contribution in [2.24, 2.45) is 0 Å². The van der Waals surface area contributed by atoms with Gasteiger partial charge in [-0.25, -0.2) is 21.0 Å². The van der Waals surface area contributed by atoms with Gasteiger partial charge in [0.1, 0.15) is 0 Å². The third-order valence-corrected chi connectivity index (χ3v) is 3.17. The van der Waals surface area contributed by atoms with Gasteiger partial charge in [0, 0.05) is 37.8 Å². The van der Waals surface area contributed by atoms with Crippen molar-refractivity contribution in [1.82, 2.24) is 0 Å². The molecule has 21 heavy (non-hydrogen) atoms. The van der Waals surface area contributed by atoms with Crippen LogP contribution >= 0.6 is 32.0 Å². The van der Waals surface area contributed by atoms with Gasteiger partial charge in [-0.15, -0.1) is 0 Å². The molecule has 0 unspecified atom stereocenters. The summed E-state index contributed by atoms with van der Waals surface area (Å²) >= 11 is 0. The van der Waals surface area contributed by atoms with Crippen molar-refractivity contribution in [1.29, 1.82) is 0 Å². The van der Waals surface area contributed by atoms with Crippen molar-refractivity contribution in [3.05, 3.63) is 0 Å². The molecule has 0 heterocycles. The van der Waals surface area contributed by atoms with Crippen molar-refractivity contribution in [2.75, 3.05) is 18.7 Å². The zero-order valence-electron chi connectivity index (χ0n) is 12.7. The summed E-state index contributed by atoms with van der Waals surface area (Å²) in [5.74, 6) is -0.165. The fourth-order valence-corrected chi connectivity index (χ4v) is 1.94. The van der Waals surface area contributed by atoms with Crippen molar-refractivity contribution < 1.29 is 60.9 Å². The Hall–Kier alpha value is 1.81. The summed E-state index contributed by atoms with van der Waals surface area (Å²) in [6.07, 6.45) is 0.998. The molecule has 6 nitrogen and oxygen atoms in total. The Morgan fingerprint density at radius 1 is 1.14 bits per heavy atom. The smallest absolute Gasteiger partial charge is 0.748 e. The number of alkyl halides is 1. The molecular formula is C7H17Cl3FNaO6S3. The second-order valence-electron chi connectivity index (χ2n) is 2.69. The maximum atomic E-state index is 10.00. The van der Waals surface area contributed by atoms with E-state index in [2.05, 4.69) is 21.4 Å². The van der Waals surface area contributed by atoms with Crippen LogP contribution in [-0.2, 0) is 28.4 Å². The summed E-state index contributed by atoms with van der Waals surface area (Å²) in [4.78, 5) is 0. The first-order valence-electron chi connectivity index (χ1n) is 5.43. The molecule has 0 atom stereocenters. The topological polar surface area (TPSA) is 108 Å². The van der Waals surface area contributed by atoms with Gasteiger partial charge in [-0.2, -0.15) is 0 Å². The van der Waals surface area contributed by atoms with E-state index < -0.39 is 35.5 Å². The minimum atomic E-state index is -3.92. The van der Waals surface area contributed by atoms with Crippen molar-refractivity contribution in [3.63, 3.8) is 0 Å². The first kappa shape index (κ1) is 30.7. The van der Waals surface area contributed by atoms with E-state index in [4.69, 9.17) is 16.3 Å². The Labute approximate surface area is 165 Å². The predicted octanol–water partition coefficient (Wildman–Crippen LogP) is -0.461. The van der Waals surface area contributed by atoms with Gasteiger partial charge in [0.2, 0.25) is 18.3 Å². The molecule has 0 saturated carbocycles. The van der Waals surface area contributed by atoms with Crippen LogP contribution in [0.2, 0.25) is 0 Å². The molecule has 0 bridgehead atoms. The van der Waals surface area contributed by atoms with Crippen LogP contribution in [0.3, 0.4) is 0 Å². The Morgan fingerprint density at radius 2 is 1.38 bits per heavy atom. The monoisotopic (exact) mass is 441 g/mol. The average molecular weight is 443 g/mol. The van der Waals surface area contributed by atoms with Gasteiger partial charge in [-0.3, -0.25) is 4.39 Å². The van der Waals surface area contributed by atoms with E-state index in [0.717, 1.165) is 0 Å². The van der Waals surface area contributed by atoms with Crippen LogP contribution in [-0.4, -0.2) is 44.3 Å². The molecule has 0 saturated heterocycles. The quantitative estimate of drug-likeness (QED) is 0.331. The normalized spacial score (nSPS) is 10.4. The summed E-state index contributed by atoms with van der Waals surface area (Å²) in [6.45, 7) is 3.41. The van der Waals surface area contributed by atoms with Gasteiger partial charge in [0.05, 0.1) is 24.4 Å². The predicted molar refractivity (Wildman–Crippen MR) is 81.7 cm³/mol. The Kier molecular flexibility index (Phi) is 31.8. The number of hydrogen-bond acceptors (Lipinski definition) is 6. The van der Waals surface area contributed by atoms with Crippen LogP contribution in [0.4, 0.5) is 4.39 Å². The number of hydrogen-bond donors (Lipinski definition) is 0. The van der Waals surface area contributed by atoms with Gasteiger partial charge in [0.15, 0.2) is 0 Å². The van der Waals surface area contributed by atoms with Gasteiger partial charge < -0.3 is 4.55 Å². The van der Waals surface area contributed by atoms with Crippen molar-refractivity contribution in [2.45, 2.75) is 26.7 Å². The Bertz CT molecular complexity index is 399. The van der Waals surface area contributed by atoms with E-state index in [1.54, 1.807) is 13.8 Å². The molecule has 0 aromatic rings. The van der Waals surface area contributed by atoms with Gasteiger partial charge in [-0.05, 0) is 12.8 Å². The maximum Gasteiger partial charge on any atom is 1.00 e. The van der Waals surface area contributed by atoms with Crippen LogP contribution in [0.5, 0.6) is 0 Å². The molecule has 0 aliphatic rings. The molecule has 14 heteroatoms. The first-order valence-corrected chi connectivity index (χ1v) is 11.6. The van der Waals surface area contributed by atoms with Gasteiger partial charge in [-0.1, -0.05) is 13.8 Å². The van der Waals surface area contributed by atoms with Crippen LogP contribution in [0.25, 0.3) is 0 Å². The SMILES string of the molecule is CCCS(=O)(=O)Cl.CCCS(=O)(=O)[O-].O=S(Cl)Cl.[2H]CF.[Na+]. The molecule has 0 aliphatic heterocycles. The van der Waals surface area contributed by atoms with Crippen molar-refractivity contribution >= 4 is 60.4 Å². The zero-order valence-corrected chi connectivity index (χ0v) is 18.4. The molecule has 0 aromatic carbocycles. The summed E-state index contributed by atoms with van der Waals surface area (Å²) in [6, 6.07) is 0. The molecule has 0 radical (unpaired) electrons. The molecule has 128 valence electrons. The second-order valence-corrected chi connectivity index (χ2v) is 9.63. The van der Waals surface area contributed by atoms with E-state index in [9.17, 15) is 25.8 Å². The fourth-order valence-electron chi connectivity index (χ4n) is 0.494. The minimum Gasteiger partial charge on any atom is -0.748 e. The number of rotatable bonds is 4. The standard InChI is InChI=1S/C3H7ClO2S.C3H8O3S.CH3F.Cl2OS.Na/c2*1-2-3-7(4,5)6;1-2;1-4(2)3;/h2-3H2,1H3;2-3H2,1H3,(H,4,5,6);1H3;;/q;;;;+1/p-1/i;;1D;;. The first-order chi connectivity index (χ1) is 9.27. The van der Waals surface area contributed by atoms with Gasteiger partial charge >= 0.3 is 29.6 Å². The van der Waals surface area contributed by atoms with Gasteiger partial charge in [0.25, 0.3) is 0 Å². The number of halogens is 4. The summed E-state index contributed by atoms with van der Waals surface area (Å²) < 4.78 is 73.6. The third kappa shape index (κ3) is 88.9. The molecule has 0 N–H and O–H groups in total. The van der Waals surface area contributed by atoms with E-state index in [1.807, 2.05) is 0 Å².